The van der Waals surface area contributed by atoms with Crippen LogP contribution >= 0.6 is 0 Å². The molecular weight excluding hydrogens is 306 g/mol. The third-order valence-electron chi connectivity index (χ3n) is 3.28. The van der Waals surface area contributed by atoms with Gasteiger partial charge >= 0.3 is 5.97 Å². The van der Waals surface area contributed by atoms with Crippen molar-refractivity contribution in [2.24, 2.45) is 5.92 Å². The normalized spacial score (nSPS) is 13.2. The largest absolute Gasteiger partial charge is 0.480 e. The van der Waals surface area contributed by atoms with Crippen LogP contribution in [0.3, 0.4) is 0 Å². The molecule has 7 heteroatoms. The molecule has 1 amide bonds. The zero-order valence-electron chi connectivity index (χ0n) is 13.0. The van der Waals surface area contributed by atoms with Crippen LogP contribution in [0.2, 0.25) is 0 Å². The number of hydrogen-bond donors (Lipinski definition) is 2. The molecule has 22 heavy (non-hydrogen) atoms. The first-order chi connectivity index (χ1) is 10.1. The van der Waals surface area contributed by atoms with Crippen molar-refractivity contribution in [3.05, 3.63) is 29.8 Å². The third kappa shape index (κ3) is 4.07. The van der Waals surface area contributed by atoms with E-state index in [-0.39, 0.29) is 16.4 Å². The van der Waals surface area contributed by atoms with Gasteiger partial charge in [-0.3, -0.25) is 4.79 Å². The Labute approximate surface area is 130 Å². The van der Waals surface area contributed by atoms with E-state index in [1.54, 1.807) is 27.7 Å². The highest BCUT2D eigenvalue weighted by Gasteiger charge is 2.24. The van der Waals surface area contributed by atoms with Crippen molar-refractivity contribution in [3.8, 4) is 0 Å². The number of amides is 1. The summed E-state index contributed by atoms with van der Waals surface area (Å²) >= 11 is 0. The Bertz CT molecular complexity index is 647. The summed E-state index contributed by atoms with van der Waals surface area (Å²) in [5, 5.41) is 10.9. The maximum absolute atomic E-state index is 12.0. The molecule has 0 fully saturated rings. The van der Waals surface area contributed by atoms with Gasteiger partial charge in [-0.2, -0.15) is 0 Å². The summed E-state index contributed by atoms with van der Waals surface area (Å²) in [7, 11) is -3.40. The van der Waals surface area contributed by atoms with Crippen LogP contribution in [0.1, 0.15) is 38.1 Å². The number of carbonyl (C=O) groups excluding carboxylic acids is 1. The third-order valence-corrected chi connectivity index (χ3v) is 5.46. The molecule has 0 aromatic heterocycles. The SMILES string of the molecule is CC(C)C(NC(=O)c1ccc(S(=O)(=O)C(C)C)cc1)C(=O)O. The maximum Gasteiger partial charge on any atom is 0.326 e. The lowest BCUT2D eigenvalue weighted by Gasteiger charge is -2.18. The summed E-state index contributed by atoms with van der Waals surface area (Å²) in [5.41, 5.74) is 0.217. The Kier molecular flexibility index (Phi) is 5.71. The first-order valence-electron chi connectivity index (χ1n) is 6.95. The lowest BCUT2D eigenvalue weighted by molar-refractivity contribution is -0.140. The van der Waals surface area contributed by atoms with E-state index in [1.165, 1.54) is 24.3 Å². The van der Waals surface area contributed by atoms with Crippen LogP contribution in [-0.4, -0.2) is 36.7 Å². The second-order valence-electron chi connectivity index (χ2n) is 5.65. The molecular formula is C15H21NO5S. The van der Waals surface area contributed by atoms with E-state index in [0.717, 1.165) is 0 Å². The number of benzene rings is 1. The molecule has 0 aliphatic rings. The van der Waals surface area contributed by atoms with Crippen molar-refractivity contribution in [1.29, 1.82) is 0 Å². The summed E-state index contributed by atoms with van der Waals surface area (Å²) < 4.78 is 24.0. The van der Waals surface area contributed by atoms with Gasteiger partial charge in [0.25, 0.3) is 5.91 Å². The number of sulfone groups is 1. The van der Waals surface area contributed by atoms with Crippen molar-refractivity contribution in [2.75, 3.05) is 0 Å². The molecule has 0 aliphatic heterocycles. The van der Waals surface area contributed by atoms with Crippen LogP contribution in [0.4, 0.5) is 0 Å². The molecule has 0 bridgehead atoms. The predicted molar refractivity (Wildman–Crippen MR) is 82.5 cm³/mol. The van der Waals surface area contributed by atoms with Gasteiger partial charge in [0.2, 0.25) is 0 Å². The van der Waals surface area contributed by atoms with Gasteiger partial charge in [0.1, 0.15) is 6.04 Å². The minimum absolute atomic E-state index is 0.137. The summed E-state index contributed by atoms with van der Waals surface area (Å²) in [6.07, 6.45) is 0. The molecule has 0 spiro atoms. The average Bonchev–Trinajstić information content (AvgIpc) is 2.43. The fourth-order valence-corrected chi connectivity index (χ4v) is 2.87. The molecule has 0 radical (unpaired) electrons. The quantitative estimate of drug-likeness (QED) is 0.828. The van der Waals surface area contributed by atoms with E-state index in [2.05, 4.69) is 5.32 Å². The number of nitrogens with one attached hydrogen (secondary N) is 1. The smallest absolute Gasteiger partial charge is 0.326 e. The molecule has 6 nitrogen and oxygen atoms in total. The van der Waals surface area contributed by atoms with Gasteiger partial charge in [-0.1, -0.05) is 13.8 Å². The molecule has 1 aromatic carbocycles. The van der Waals surface area contributed by atoms with Crippen LogP contribution in [0.15, 0.2) is 29.2 Å². The summed E-state index contributed by atoms with van der Waals surface area (Å²) in [6.45, 7) is 6.54. The minimum atomic E-state index is -3.40. The molecule has 2 N–H and O–H groups in total. The van der Waals surface area contributed by atoms with Gasteiger partial charge in [0.05, 0.1) is 10.1 Å². The van der Waals surface area contributed by atoms with E-state index in [9.17, 15) is 18.0 Å². The minimum Gasteiger partial charge on any atom is -0.480 e. The fraction of sp³-hybridized carbons (Fsp3) is 0.467. The Hall–Kier alpha value is -1.89. The summed E-state index contributed by atoms with van der Waals surface area (Å²) in [6, 6.07) is 4.48. The molecule has 1 aromatic rings. The number of rotatable bonds is 6. The van der Waals surface area contributed by atoms with Crippen molar-refractivity contribution in [1.82, 2.24) is 5.32 Å². The molecule has 0 saturated carbocycles. The number of hydrogen-bond acceptors (Lipinski definition) is 4. The lowest BCUT2D eigenvalue weighted by Crippen LogP contribution is -2.44. The second kappa shape index (κ2) is 6.91. The standard InChI is InChI=1S/C15H21NO5S/c1-9(2)13(15(18)19)16-14(17)11-5-7-12(8-6-11)22(20,21)10(3)4/h5-10,13H,1-4H3,(H,16,17)(H,18,19). The van der Waals surface area contributed by atoms with Crippen molar-refractivity contribution < 1.29 is 23.1 Å². The second-order valence-corrected chi connectivity index (χ2v) is 8.16. The maximum atomic E-state index is 12.0. The van der Waals surface area contributed by atoms with Gasteiger partial charge in [0.15, 0.2) is 9.84 Å². The number of aliphatic carboxylic acids is 1. The van der Waals surface area contributed by atoms with E-state index in [0.29, 0.717) is 0 Å². The van der Waals surface area contributed by atoms with Crippen LogP contribution in [0.25, 0.3) is 0 Å². The molecule has 0 heterocycles. The monoisotopic (exact) mass is 327 g/mol. The molecule has 1 rings (SSSR count). The molecule has 0 saturated heterocycles. The number of carboxylic acids is 1. The average molecular weight is 327 g/mol. The predicted octanol–water partition coefficient (Wildman–Crippen LogP) is 1.71. The van der Waals surface area contributed by atoms with Gasteiger partial charge in [0, 0.05) is 5.56 Å². The molecule has 1 unspecified atom stereocenters. The van der Waals surface area contributed by atoms with E-state index in [4.69, 9.17) is 5.11 Å². The van der Waals surface area contributed by atoms with Crippen molar-refractivity contribution >= 4 is 21.7 Å². The zero-order valence-corrected chi connectivity index (χ0v) is 13.8. The highest BCUT2D eigenvalue weighted by Crippen LogP contribution is 2.16. The van der Waals surface area contributed by atoms with Crippen molar-refractivity contribution in [2.45, 2.75) is 43.9 Å². The van der Waals surface area contributed by atoms with Gasteiger partial charge < -0.3 is 10.4 Å². The van der Waals surface area contributed by atoms with Crippen LogP contribution in [-0.2, 0) is 14.6 Å². The zero-order chi connectivity index (χ0) is 17.1. The Balaban J connectivity index is 2.96. The van der Waals surface area contributed by atoms with E-state index < -0.39 is 33.0 Å². The summed E-state index contributed by atoms with van der Waals surface area (Å²) in [4.78, 5) is 23.2. The highest BCUT2D eigenvalue weighted by atomic mass is 32.2. The Morgan fingerprint density at radius 2 is 1.55 bits per heavy atom. The molecule has 122 valence electrons. The first kappa shape index (κ1) is 18.2. The van der Waals surface area contributed by atoms with Gasteiger partial charge in [-0.05, 0) is 44.0 Å². The van der Waals surface area contributed by atoms with E-state index in [1.807, 2.05) is 0 Å². The Morgan fingerprint density at radius 1 is 1.05 bits per heavy atom. The van der Waals surface area contributed by atoms with Gasteiger partial charge in [-0.15, -0.1) is 0 Å². The lowest BCUT2D eigenvalue weighted by atomic mass is 10.0. The summed E-state index contributed by atoms with van der Waals surface area (Å²) in [5.74, 6) is -1.92. The molecule has 1 atom stereocenters. The fourth-order valence-electron chi connectivity index (χ4n) is 1.81. The van der Waals surface area contributed by atoms with Crippen LogP contribution in [0, 0.1) is 5.92 Å². The first-order valence-corrected chi connectivity index (χ1v) is 8.49. The van der Waals surface area contributed by atoms with Crippen LogP contribution in [0.5, 0.6) is 0 Å². The number of carbonyl (C=O) groups is 2. The van der Waals surface area contributed by atoms with Gasteiger partial charge in [-0.25, -0.2) is 13.2 Å². The van der Waals surface area contributed by atoms with E-state index >= 15 is 0 Å². The number of carboxylic acid groups (broad SMARTS) is 1. The molecule has 0 aliphatic carbocycles. The van der Waals surface area contributed by atoms with Crippen LogP contribution < -0.4 is 5.32 Å². The topological polar surface area (TPSA) is 101 Å². The highest BCUT2D eigenvalue weighted by molar-refractivity contribution is 7.92. The Morgan fingerprint density at radius 3 is 1.91 bits per heavy atom. The van der Waals surface area contributed by atoms with Crippen molar-refractivity contribution in [3.63, 3.8) is 0 Å².